The maximum Gasteiger partial charge on any atom is 0.306 e. The molecule has 11 heteroatoms. The average molecular weight is 430 g/mol. The van der Waals surface area contributed by atoms with Crippen molar-refractivity contribution in [1.82, 2.24) is 15.0 Å². The number of aryl methyl sites for hydroxylation is 1. The van der Waals surface area contributed by atoms with Gasteiger partial charge in [0.25, 0.3) is 10.0 Å². The van der Waals surface area contributed by atoms with E-state index >= 15 is 0 Å². The van der Waals surface area contributed by atoms with Crippen molar-refractivity contribution in [1.29, 1.82) is 0 Å². The molecule has 2 aromatic rings. The maximum absolute atomic E-state index is 12.1. The normalized spacial score (nSPS) is 11.5. The lowest BCUT2D eigenvalue weighted by Crippen LogP contribution is -2.14. The summed E-state index contributed by atoms with van der Waals surface area (Å²) in [6.07, 6.45) is 1.36. The number of sulfonamides is 1. The number of halogens is 2. The smallest absolute Gasteiger partial charge is 0.306 e. The Bertz CT molecular complexity index is 784. The predicted molar refractivity (Wildman–Crippen MR) is 77.9 cm³/mol. The van der Waals surface area contributed by atoms with Gasteiger partial charge < -0.3 is 4.98 Å². The standard InChI is InChI=1S/C8H6Br2N4O3S2/c1-3-7(18-8(15)12-3)19(16,17)14-6-5(10)13-4(9)2-11-6/h2H,1H3,(H,11,14)(H,12,15). The summed E-state index contributed by atoms with van der Waals surface area (Å²) in [7, 11) is -3.87. The number of H-pyrrole nitrogens is 1. The van der Waals surface area contributed by atoms with Crippen molar-refractivity contribution in [2.45, 2.75) is 11.1 Å². The molecule has 0 bridgehead atoms. The summed E-state index contributed by atoms with van der Waals surface area (Å²) in [6.45, 7) is 1.51. The van der Waals surface area contributed by atoms with E-state index in [1.807, 2.05) is 0 Å². The Morgan fingerprint density at radius 1 is 1.42 bits per heavy atom. The third-order valence-electron chi connectivity index (χ3n) is 1.96. The van der Waals surface area contributed by atoms with Gasteiger partial charge in [0.1, 0.15) is 4.60 Å². The maximum atomic E-state index is 12.1. The SMILES string of the molecule is Cc1[nH]c(=O)sc1S(=O)(=O)Nc1ncc(Br)nc1Br. The zero-order chi connectivity index (χ0) is 14.2. The first-order chi connectivity index (χ1) is 8.79. The first-order valence-corrected chi connectivity index (χ1v) is 8.59. The van der Waals surface area contributed by atoms with Crippen molar-refractivity contribution in [2.75, 3.05) is 4.72 Å². The Morgan fingerprint density at radius 2 is 2.11 bits per heavy atom. The van der Waals surface area contributed by atoms with Gasteiger partial charge in [0.2, 0.25) is 0 Å². The second kappa shape index (κ2) is 5.31. The molecule has 0 spiro atoms. The van der Waals surface area contributed by atoms with E-state index in [1.165, 1.54) is 13.1 Å². The lowest BCUT2D eigenvalue weighted by atomic mass is 10.6. The number of thiazole rings is 1. The lowest BCUT2D eigenvalue weighted by molar-refractivity contribution is 0.602. The van der Waals surface area contributed by atoms with E-state index < -0.39 is 14.9 Å². The summed E-state index contributed by atoms with van der Waals surface area (Å²) in [5.74, 6) is 0.0449. The van der Waals surface area contributed by atoms with Crippen molar-refractivity contribution in [2.24, 2.45) is 0 Å². The van der Waals surface area contributed by atoms with E-state index in [2.05, 4.69) is 51.5 Å². The molecule has 0 aliphatic rings. The highest BCUT2D eigenvalue weighted by Crippen LogP contribution is 2.24. The predicted octanol–water partition coefficient (Wildman–Crippen LogP) is 1.86. The van der Waals surface area contributed by atoms with E-state index in [0.29, 0.717) is 15.9 Å². The Balaban J connectivity index is 2.42. The summed E-state index contributed by atoms with van der Waals surface area (Å²) >= 11 is 6.83. The summed E-state index contributed by atoms with van der Waals surface area (Å²) in [6, 6.07) is 0. The van der Waals surface area contributed by atoms with Crippen LogP contribution in [0.5, 0.6) is 0 Å². The van der Waals surface area contributed by atoms with Gasteiger partial charge in [-0.05, 0) is 38.8 Å². The minimum absolute atomic E-state index is 0.0449. The first kappa shape index (κ1) is 14.6. The molecule has 0 atom stereocenters. The van der Waals surface area contributed by atoms with Crippen LogP contribution >= 0.6 is 43.2 Å². The average Bonchev–Trinajstić information content (AvgIpc) is 2.63. The van der Waals surface area contributed by atoms with Gasteiger partial charge in [0.05, 0.1) is 6.20 Å². The number of aromatic amines is 1. The first-order valence-electron chi connectivity index (χ1n) is 4.70. The molecule has 2 aromatic heterocycles. The fourth-order valence-electron chi connectivity index (χ4n) is 1.24. The van der Waals surface area contributed by atoms with E-state index in [9.17, 15) is 13.2 Å². The molecule has 0 saturated carbocycles. The van der Waals surface area contributed by atoms with Gasteiger partial charge in [-0.3, -0.25) is 9.52 Å². The van der Waals surface area contributed by atoms with E-state index in [4.69, 9.17) is 0 Å². The molecule has 0 amide bonds. The van der Waals surface area contributed by atoms with Gasteiger partial charge in [-0.15, -0.1) is 0 Å². The number of nitrogens with one attached hydrogen (secondary N) is 2. The molecule has 2 N–H and O–H groups in total. The largest absolute Gasteiger partial charge is 0.315 e. The fraction of sp³-hybridized carbons (Fsp3) is 0.125. The van der Waals surface area contributed by atoms with E-state index in [1.54, 1.807) is 0 Å². The molecule has 102 valence electrons. The van der Waals surface area contributed by atoms with Crippen molar-refractivity contribution in [3.63, 3.8) is 0 Å². The molecule has 0 saturated heterocycles. The molecule has 2 rings (SSSR count). The molecule has 0 aliphatic heterocycles. The van der Waals surface area contributed by atoms with Crippen molar-refractivity contribution >= 4 is 59.0 Å². The van der Waals surface area contributed by atoms with Gasteiger partial charge in [-0.1, -0.05) is 11.3 Å². The molecule has 19 heavy (non-hydrogen) atoms. The van der Waals surface area contributed by atoms with Crippen LogP contribution in [0.2, 0.25) is 0 Å². The second-order valence-corrected chi connectivity index (χ2v) is 7.79. The Morgan fingerprint density at radius 3 is 2.63 bits per heavy atom. The molecule has 2 heterocycles. The zero-order valence-electron chi connectivity index (χ0n) is 9.27. The fourth-order valence-corrected chi connectivity index (χ4v) is 4.60. The number of nitrogens with zero attached hydrogens (tertiary/aromatic N) is 2. The summed E-state index contributed by atoms with van der Waals surface area (Å²) in [5, 5.41) is 0. The second-order valence-electron chi connectivity index (χ2n) is 3.36. The molecule has 0 aromatic carbocycles. The van der Waals surface area contributed by atoms with Crippen LogP contribution in [0.3, 0.4) is 0 Å². The van der Waals surface area contributed by atoms with Crippen LogP contribution in [0.4, 0.5) is 5.82 Å². The minimum Gasteiger partial charge on any atom is -0.315 e. The number of aromatic nitrogens is 3. The van der Waals surface area contributed by atoms with Gasteiger partial charge in [0.15, 0.2) is 14.6 Å². The monoisotopic (exact) mass is 428 g/mol. The third-order valence-corrected chi connectivity index (χ3v) is 5.84. The Labute approximate surface area is 128 Å². The Hall–Kier alpha value is -0.780. The van der Waals surface area contributed by atoms with Crippen LogP contribution in [0.25, 0.3) is 0 Å². The van der Waals surface area contributed by atoms with Gasteiger partial charge in [-0.25, -0.2) is 18.4 Å². The topological polar surface area (TPSA) is 105 Å². The quantitative estimate of drug-likeness (QED) is 0.774. The van der Waals surface area contributed by atoms with Crippen molar-refractivity contribution < 1.29 is 8.42 Å². The van der Waals surface area contributed by atoms with Gasteiger partial charge >= 0.3 is 4.87 Å². The molecule has 0 unspecified atom stereocenters. The van der Waals surface area contributed by atoms with Crippen LogP contribution in [0.15, 0.2) is 24.4 Å². The van der Waals surface area contributed by atoms with Gasteiger partial charge in [-0.2, -0.15) is 0 Å². The lowest BCUT2D eigenvalue weighted by Gasteiger charge is -2.07. The van der Waals surface area contributed by atoms with E-state index in [-0.39, 0.29) is 20.3 Å². The number of anilines is 1. The zero-order valence-corrected chi connectivity index (χ0v) is 14.1. The van der Waals surface area contributed by atoms with Crippen LogP contribution < -0.4 is 9.60 Å². The number of hydrogen-bond donors (Lipinski definition) is 2. The number of hydrogen-bond acceptors (Lipinski definition) is 6. The van der Waals surface area contributed by atoms with E-state index in [0.717, 1.165) is 0 Å². The molecule has 0 fully saturated rings. The van der Waals surface area contributed by atoms with Crippen LogP contribution in [-0.2, 0) is 10.0 Å². The minimum atomic E-state index is -3.87. The van der Waals surface area contributed by atoms with Crippen molar-refractivity contribution in [3.8, 4) is 0 Å². The molecule has 0 radical (unpaired) electrons. The van der Waals surface area contributed by atoms with Gasteiger partial charge in [0, 0.05) is 5.69 Å². The Kier molecular flexibility index (Phi) is 4.08. The molecule has 7 nitrogen and oxygen atoms in total. The summed E-state index contributed by atoms with van der Waals surface area (Å²) in [5.41, 5.74) is 0.281. The highest BCUT2D eigenvalue weighted by molar-refractivity contribution is 9.11. The van der Waals surface area contributed by atoms with Crippen LogP contribution in [-0.4, -0.2) is 23.4 Å². The number of rotatable bonds is 3. The summed E-state index contributed by atoms with van der Waals surface area (Å²) in [4.78, 5) is 21.0. The summed E-state index contributed by atoms with van der Waals surface area (Å²) < 4.78 is 27.1. The third kappa shape index (κ3) is 3.22. The molecule has 0 aliphatic carbocycles. The van der Waals surface area contributed by atoms with Crippen LogP contribution in [0, 0.1) is 6.92 Å². The van der Waals surface area contributed by atoms with Crippen molar-refractivity contribution in [3.05, 3.63) is 30.8 Å². The van der Waals surface area contributed by atoms with Crippen LogP contribution in [0.1, 0.15) is 5.69 Å². The molecular weight excluding hydrogens is 424 g/mol. The highest BCUT2D eigenvalue weighted by Gasteiger charge is 2.22. The highest BCUT2D eigenvalue weighted by atomic mass is 79.9. The molecular formula is C8H6Br2N4O3S2.